The molecule has 34 heavy (non-hydrogen) atoms. The maximum absolute atomic E-state index is 13.6. The third-order valence-electron chi connectivity index (χ3n) is 5.54. The molecule has 0 aliphatic rings. The van der Waals surface area contributed by atoms with Gasteiger partial charge in [-0.15, -0.1) is 0 Å². The van der Waals surface area contributed by atoms with Crippen LogP contribution < -0.4 is 19.1 Å². The number of sulfonamides is 1. The Hall–Kier alpha value is -3.52. The van der Waals surface area contributed by atoms with Gasteiger partial charge in [-0.1, -0.05) is 43.3 Å². The standard InChI is InChI=1S/C26H30N2O5S/c1-5-20-11-9-10-14-24(20)28(34(30,31)22-12-7-6-8-13-22)18-26(29)27-19(2)23-17-21(32-3)15-16-25(23)33-4/h6-17,19H,5,18H2,1-4H3,(H,27,29)/t19-/m1/s1. The van der Waals surface area contributed by atoms with Gasteiger partial charge in [0.2, 0.25) is 5.91 Å². The van der Waals surface area contributed by atoms with Crippen molar-refractivity contribution in [3.05, 3.63) is 83.9 Å². The first-order chi connectivity index (χ1) is 16.3. The average Bonchev–Trinajstić information content (AvgIpc) is 2.87. The highest BCUT2D eigenvalue weighted by Gasteiger charge is 2.29. The van der Waals surface area contributed by atoms with Crippen LogP contribution in [0.3, 0.4) is 0 Å². The van der Waals surface area contributed by atoms with E-state index in [1.165, 1.54) is 16.4 Å². The number of aryl methyl sites for hydroxylation is 1. The first-order valence-electron chi connectivity index (χ1n) is 11.0. The summed E-state index contributed by atoms with van der Waals surface area (Å²) in [6.07, 6.45) is 0.621. The Kier molecular flexibility index (Phi) is 8.17. The molecule has 0 unspecified atom stereocenters. The van der Waals surface area contributed by atoms with Gasteiger partial charge in [-0.05, 0) is 55.3 Å². The van der Waals surface area contributed by atoms with Crippen molar-refractivity contribution in [1.82, 2.24) is 5.32 Å². The van der Waals surface area contributed by atoms with Gasteiger partial charge in [0.05, 0.1) is 30.8 Å². The van der Waals surface area contributed by atoms with Gasteiger partial charge in [-0.25, -0.2) is 8.42 Å². The van der Waals surface area contributed by atoms with Crippen molar-refractivity contribution in [2.75, 3.05) is 25.1 Å². The number of ether oxygens (including phenoxy) is 2. The number of benzene rings is 3. The maximum atomic E-state index is 13.6. The zero-order valence-electron chi connectivity index (χ0n) is 19.8. The lowest BCUT2D eigenvalue weighted by Gasteiger charge is -2.27. The highest BCUT2D eigenvalue weighted by atomic mass is 32.2. The molecular formula is C26H30N2O5S. The summed E-state index contributed by atoms with van der Waals surface area (Å²) >= 11 is 0. The molecule has 3 aromatic rings. The van der Waals surface area contributed by atoms with E-state index in [9.17, 15) is 13.2 Å². The van der Waals surface area contributed by atoms with Crippen molar-refractivity contribution in [2.24, 2.45) is 0 Å². The van der Waals surface area contributed by atoms with Crippen LogP contribution in [-0.2, 0) is 21.2 Å². The minimum absolute atomic E-state index is 0.121. The van der Waals surface area contributed by atoms with Crippen LogP contribution in [0.15, 0.2) is 77.7 Å². The summed E-state index contributed by atoms with van der Waals surface area (Å²) in [6.45, 7) is 3.39. The molecule has 0 aromatic heterocycles. The quantitative estimate of drug-likeness (QED) is 0.465. The van der Waals surface area contributed by atoms with Gasteiger partial charge in [0.25, 0.3) is 10.0 Å². The fourth-order valence-electron chi connectivity index (χ4n) is 3.75. The fraction of sp³-hybridized carbons (Fsp3) is 0.269. The molecule has 0 heterocycles. The molecule has 3 rings (SSSR count). The molecule has 7 nitrogen and oxygen atoms in total. The summed E-state index contributed by atoms with van der Waals surface area (Å²) in [4.78, 5) is 13.3. The van der Waals surface area contributed by atoms with Gasteiger partial charge < -0.3 is 14.8 Å². The number of rotatable bonds is 10. The first kappa shape index (κ1) is 25.1. The molecular weight excluding hydrogens is 452 g/mol. The van der Waals surface area contributed by atoms with E-state index in [1.807, 2.05) is 26.0 Å². The number of methoxy groups -OCH3 is 2. The van der Waals surface area contributed by atoms with Crippen LogP contribution >= 0.6 is 0 Å². The van der Waals surface area contributed by atoms with Crippen LogP contribution in [0.1, 0.15) is 31.0 Å². The molecule has 1 atom stereocenters. The van der Waals surface area contributed by atoms with Crippen LogP contribution in [0.5, 0.6) is 11.5 Å². The molecule has 0 aliphatic heterocycles. The van der Waals surface area contributed by atoms with E-state index >= 15 is 0 Å². The minimum Gasteiger partial charge on any atom is -0.497 e. The number of nitrogens with one attached hydrogen (secondary N) is 1. The summed E-state index contributed by atoms with van der Waals surface area (Å²) in [7, 11) is -0.865. The van der Waals surface area contributed by atoms with Crippen LogP contribution in [0.2, 0.25) is 0 Å². The topological polar surface area (TPSA) is 84.9 Å². The molecule has 0 aliphatic carbocycles. The van der Waals surface area contributed by atoms with Crippen LogP contribution in [0.4, 0.5) is 5.69 Å². The van der Waals surface area contributed by atoms with Crippen molar-refractivity contribution in [2.45, 2.75) is 31.2 Å². The molecule has 3 aromatic carbocycles. The Morgan fingerprint density at radius 1 is 0.971 bits per heavy atom. The van der Waals surface area contributed by atoms with Crippen LogP contribution in [-0.4, -0.2) is 35.1 Å². The average molecular weight is 483 g/mol. The lowest BCUT2D eigenvalue weighted by Crippen LogP contribution is -2.42. The summed E-state index contributed by atoms with van der Waals surface area (Å²) < 4.78 is 39.1. The molecule has 0 bridgehead atoms. The Morgan fingerprint density at radius 2 is 1.65 bits per heavy atom. The molecule has 0 fully saturated rings. The van der Waals surface area contributed by atoms with Gasteiger partial charge in [0.15, 0.2) is 0 Å². The van der Waals surface area contributed by atoms with E-state index in [0.29, 0.717) is 23.6 Å². The van der Waals surface area contributed by atoms with Gasteiger partial charge in [-0.2, -0.15) is 0 Å². The predicted octanol–water partition coefficient (Wildman–Crippen LogP) is 4.34. The number of anilines is 1. The highest BCUT2D eigenvalue weighted by Crippen LogP contribution is 2.30. The predicted molar refractivity (Wildman–Crippen MR) is 133 cm³/mol. The normalized spacial score (nSPS) is 12.0. The number of amides is 1. The second kappa shape index (κ2) is 11.1. The summed E-state index contributed by atoms with van der Waals surface area (Å²) in [5.41, 5.74) is 2.04. The molecule has 0 saturated carbocycles. The number of carbonyl (C=O) groups is 1. The lowest BCUT2D eigenvalue weighted by atomic mass is 10.1. The van der Waals surface area contributed by atoms with Crippen molar-refractivity contribution in [1.29, 1.82) is 0 Å². The third kappa shape index (κ3) is 5.51. The molecule has 1 N–H and O–H groups in total. The van der Waals surface area contributed by atoms with E-state index in [4.69, 9.17) is 9.47 Å². The fourth-order valence-corrected chi connectivity index (χ4v) is 5.23. The highest BCUT2D eigenvalue weighted by molar-refractivity contribution is 7.92. The summed E-state index contributed by atoms with van der Waals surface area (Å²) in [5, 5.41) is 2.90. The largest absolute Gasteiger partial charge is 0.497 e. The van der Waals surface area contributed by atoms with E-state index in [-0.39, 0.29) is 11.4 Å². The van der Waals surface area contributed by atoms with Crippen molar-refractivity contribution < 1.29 is 22.7 Å². The second-order valence-corrected chi connectivity index (χ2v) is 9.57. The number of carbonyl (C=O) groups excluding carboxylic acids is 1. The van der Waals surface area contributed by atoms with Crippen molar-refractivity contribution in [3.8, 4) is 11.5 Å². The summed E-state index contributed by atoms with van der Waals surface area (Å²) in [5.74, 6) is 0.781. The van der Waals surface area contributed by atoms with Crippen molar-refractivity contribution in [3.63, 3.8) is 0 Å². The Balaban J connectivity index is 1.94. The van der Waals surface area contributed by atoms with E-state index in [2.05, 4.69) is 5.32 Å². The number of nitrogens with zero attached hydrogens (tertiary/aromatic N) is 1. The van der Waals surface area contributed by atoms with Gasteiger partial charge >= 0.3 is 0 Å². The van der Waals surface area contributed by atoms with Crippen LogP contribution in [0.25, 0.3) is 0 Å². The smallest absolute Gasteiger partial charge is 0.264 e. The molecule has 8 heteroatoms. The van der Waals surface area contributed by atoms with E-state index < -0.39 is 22.0 Å². The zero-order chi connectivity index (χ0) is 24.7. The van der Waals surface area contributed by atoms with E-state index in [1.54, 1.807) is 62.8 Å². The Bertz CT molecular complexity index is 1230. The van der Waals surface area contributed by atoms with Gasteiger partial charge in [0.1, 0.15) is 18.0 Å². The number of hydrogen-bond donors (Lipinski definition) is 1. The minimum atomic E-state index is -3.98. The molecule has 180 valence electrons. The van der Waals surface area contributed by atoms with E-state index in [0.717, 1.165) is 11.1 Å². The molecule has 0 saturated heterocycles. The molecule has 1 amide bonds. The summed E-state index contributed by atoms with van der Waals surface area (Å²) in [6, 6.07) is 20.2. The number of para-hydroxylation sites is 1. The first-order valence-corrected chi connectivity index (χ1v) is 12.4. The lowest BCUT2D eigenvalue weighted by molar-refractivity contribution is -0.120. The Labute approximate surface area is 201 Å². The Morgan fingerprint density at radius 3 is 2.29 bits per heavy atom. The van der Waals surface area contributed by atoms with Crippen LogP contribution in [0, 0.1) is 0 Å². The zero-order valence-corrected chi connectivity index (χ0v) is 20.6. The maximum Gasteiger partial charge on any atom is 0.264 e. The number of hydrogen-bond acceptors (Lipinski definition) is 5. The van der Waals surface area contributed by atoms with Gasteiger partial charge in [0, 0.05) is 5.56 Å². The second-order valence-electron chi connectivity index (χ2n) is 7.70. The monoisotopic (exact) mass is 482 g/mol. The van der Waals surface area contributed by atoms with Crippen molar-refractivity contribution >= 4 is 21.6 Å². The molecule has 0 radical (unpaired) electrons. The molecule has 0 spiro atoms. The van der Waals surface area contributed by atoms with Gasteiger partial charge in [-0.3, -0.25) is 9.10 Å². The third-order valence-corrected chi connectivity index (χ3v) is 7.31. The SMILES string of the molecule is CCc1ccccc1N(CC(=O)N[C@H](C)c1cc(OC)ccc1OC)S(=O)(=O)c1ccccc1.